The van der Waals surface area contributed by atoms with Gasteiger partial charge in [-0.1, -0.05) is 13.3 Å². The molecule has 5 rings (SSSR count). The summed E-state index contributed by atoms with van der Waals surface area (Å²) in [5.41, 5.74) is 0.274. The third-order valence-corrected chi connectivity index (χ3v) is 9.39. The Morgan fingerprint density at radius 1 is 0.962 bits per heavy atom. The lowest BCUT2D eigenvalue weighted by Gasteiger charge is -2.57. The number of rotatable bonds is 6. The summed E-state index contributed by atoms with van der Waals surface area (Å²) < 4.78 is 26.3. The molecule has 1 saturated heterocycles. The highest BCUT2D eigenvalue weighted by Crippen LogP contribution is 2.61. The monoisotopic (exact) mass is 382 g/mol. The van der Waals surface area contributed by atoms with Crippen LogP contribution in [0.3, 0.4) is 0 Å². The van der Waals surface area contributed by atoms with E-state index in [0.717, 1.165) is 24.2 Å². The molecule has 1 aliphatic heterocycles. The Hall–Kier alpha value is -0.620. The van der Waals surface area contributed by atoms with E-state index in [1.165, 1.54) is 38.5 Å². The number of nitrogens with zero attached hydrogens (tertiary/aromatic N) is 2. The number of amides is 1. The molecule has 0 unspecified atom stereocenters. The lowest BCUT2D eigenvalue weighted by molar-refractivity contribution is -0.140. The van der Waals surface area contributed by atoms with Gasteiger partial charge in [-0.2, -0.15) is 4.31 Å². The van der Waals surface area contributed by atoms with Crippen LogP contribution in [0, 0.1) is 23.2 Å². The molecule has 0 atom stereocenters. The number of hydrogen-bond donors (Lipinski definition) is 0. The van der Waals surface area contributed by atoms with E-state index in [4.69, 9.17) is 0 Å². The van der Waals surface area contributed by atoms with Crippen LogP contribution in [-0.4, -0.2) is 55.5 Å². The number of sulfonamides is 1. The van der Waals surface area contributed by atoms with Crippen LogP contribution in [-0.2, 0) is 14.8 Å². The molecule has 5 nitrogen and oxygen atoms in total. The third-order valence-electron chi connectivity index (χ3n) is 7.43. The highest BCUT2D eigenvalue weighted by Gasteiger charge is 2.51. The van der Waals surface area contributed by atoms with E-state index in [9.17, 15) is 13.2 Å². The highest BCUT2D eigenvalue weighted by atomic mass is 32.2. The summed E-state index contributed by atoms with van der Waals surface area (Å²) in [7, 11) is -3.14. The first-order valence-corrected chi connectivity index (χ1v) is 12.3. The fraction of sp³-hybridized carbons (Fsp3) is 0.950. The van der Waals surface area contributed by atoms with E-state index in [-0.39, 0.29) is 17.1 Å². The number of piperazine rings is 1. The van der Waals surface area contributed by atoms with Gasteiger partial charge in [0.2, 0.25) is 15.9 Å². The van der Waals surface area contributed by atoms with Gasteiger partial charge in [-0.25, -0.2) is 8.42 Å². The number of hydrogen-bond acceptors (Lipinski definition) is 3. The Morgan fingerprint density at radius 2 is 1.50 bits per heavy atom. The molecule has 0 aromatic rings. The third kappa shape index (κ3) is 3.68. The Morgan fingerprint density at radius 3 is 2.00 bits per heavy atom. The van der Waals surface area contributed by atoms with Crippen LogP contribution >= 0.6 is 0 Å². The van der Waals surface area contributed by atoms with Crippen molar-refractivity contribution in [3.63, 3.8) is 0 Å². The van der Waals surface area contributed by atoms with Crippen molar-refractivity contribution in [3.05, 3.63) is 0 Å². The fourth-order valence-corrected chi connectivity index (χ4v) is 8.24. The van der Waals surface area contributed by atoms with Gasteiger partial charge in [0.25, 0.3) is 0 Å². The van der Waals surface area contributed by atoms with Gasteiger partial charge >= 0.3 is 0 Å². The van der Waals surface area contributed by atoms with Gasteiger partial charge in [0.15, 0.2) is 0 Å². The van der Waals surface area contributed by atoms with E-state index in [1.54, 1.807) is 4.31 Å². The van der Waals surface area contributed by atoms with Crippen LogP contribution < -0.4 is 0 Å². The molecule has 4 bridgehead atoms. The molecule has 0 N–H and O–H groups in total. The topological polar surface area (TPSA) is 57.7 Å². The lowest BCUT2D eigenvalue weighted by Crippen LogP contribution is -2.53. The second kappa shape index (κ2) is 7.08. The van der Waals surface area contributed by atoms with Crippen LogP contribution in [0.1, 0.15) is 64.7 Å². The summed E-state index contributed by atoms with van der Waals surface area (Å²) in [5, 5.41) is 0. The van der Waals surface area contributed by atoms with Crippen LogP contribution in [0.25, 0.3) is 0 Å². The first-order valence-electron chi connectivity index (χ1n) is 10.6. The normalized spacial score (nSPS) is 37.3. The number of unbranched alkanes of at least 4 members (excludes halogenated alkanes) is 1. The second-order valence-corrected chi connectivity index (χ2v) is 11.6. The molecule has 1 heterocycles. The van der Waals surface area contributed by atoms with Crippen molar-refractivity contribution in [2.75, 3.05) is 31.9 Å². The first kappa shape index (κ1) is 18.7. The van der Waals surface area contributed by atoms with Gasteiger partial charge in [0.05, 0.1) is 5.75 Å². The minimum absolute atomic E-state index is 0.241. The van der Waals surface area contributed by atoms with Gasteiger partial charge in [-0.3, -0.25) is 4.79 Å². The highest BCUT2D eigenvalue weighted by molar-refractivity contribution is 7.89. The summed E-state index contributed by atoms with van der Waals surface area (Å²) in [6.45, 7) is 4.08. The van der Waals surface area contributed by atoms with Crippen LogP contribution in [0.2, 0.25) is 0 Å². The molecule has 0 radical (unpaired) electrons. The van der Waals surface area contributed by atoms with Crippen LogP contribution in [0.15, 0.2) is 0 Å². The SMILES string of the molecule is CCCCS(=O)(=O)N1CCN(C(=O)CC23CC4CC(CC(C4)C2)C3)CC1. The molecule has 148 valence electrons. The zero-order chi connectivity index (χ0) is 18.4. The average molecular weight is 383 g/mol. The molecule has 4 aliphatic carbocycles. The maximum Gasteiger partial charge on any atom is 0.223 e. The van der Waals surface area contributed by atoms with Gasteiger partial charge in [-0.05, 0) is 68.1 Å². The van der Waals surface area contributed by atoms with Crippen molar-refractivity contribution in [1.29, 1.82) is 0 Å². The van der Waals surface area contributed by atoms with Gasteiger partial charge in [0, 0.05) is 32.6 Å². The van der Waals surface area contributed by atoms with E-state index in [0.29, 0.717) is 39.0 Å². The number of carbonyl (C=O) groups is 1. The zero-order valence-corrected chi connectivity index (χ0v) is 17.0. The average Bonchev–Trinajstić information content (AvgIpc) is 2.58. The minimum atomic E-state index is -3.14. The molecule has 4 saturated carbocycles. The maximum absolute atomic E-state index is 13.0. The Bertz CT molecular complexity index is 602. The van der Waals surface area contributed by atoms with Gasteiger partial charge in [-0.15, -0.1) is 0 Å². The minimum Gasteiger partial charge on any atom is -0.340 e. The van der Waals surface area contributed by atoms with Gasteiger partial charge in [0.1, 0.15) is 0 Å². The Kier molecular flexibility index (Phi) is 5.10. The van der Waals surface area contributed by atoms with E-state index < -0.39 is 10.0 Å². The Labute approximate surface area is 158 Å². The molecule has 0 spiro atoms. The quantitative estimate of drug-likeness (QED) is 0.710. The molecular weight excluding hydrogens is 348 g/mol. The van der Waals surface area contributed by atoms with Crippen molar-refractivity contribution in [1.82, 2.24) is 9.21 Å². The smallest absolute Gasteiger partial charge is 0.223 e. The molecule has 5 aliphatic rings. The Balaban J connectivity index is 1.32. The predicted octanol–water partition coefficient (Wildman–Crippen LogP) is 2.87. The molecule has 0 aromatic carbocycles. The largest absolute Gasteiger partial charge is 0.340 e. The van der Waals surface area contributed by atoms with Crippen LogP contribution in [0.4, 0.5) is 0 Å². The molecule has 0 aromatic heterocycles. The van der Waals surface area contributed by atoms with Gasteiger partial charge < -0.3 is 4.90 Å². The van der Waals surface area contributed by atoms with Crippen molar-refractivity contribution in [3.8, 4) is 0 Å². The predicted molar refractivity (Wildman–Crippen MR) is 102 cm³/mol. The summed E-state index contributed by atoms with van der Waals surface area (Å²) >= 11 is 0. The maximum atomic E-state index is 13.0. The summed E-state index contributed by atoms with van der Waals surface area (Å²) in [5.74, 6) is 3.13. The van der Waals surface area contributed by atoms with Crippen molar-refractivity contribution >= 4 is 15.9 Å². The molecule has 26 heavy (non-hydrogen) atoms. The number of carbonyl (C=O) groups excluding carboxylic acids is 1. The first-order chi connectivity index (χ1) is 12.4. The summed E-state index contributed by atoms with van der Waals surface area (Å²) in [4.78, 5) is 14.9. The molecule has 6 heteroatoms. The molecule has 1 amide bonds. The van der Waals surface area contributed by atoms with E-state index in [1.807, 2.05) is 11.8 Å². The zero-order valence-electron chi connectivity index (χ0n) is 16.2. The summed E-state index contributed by atoms with van der Waals surface area (Å²) in [6, 6.07) is 0. The standard InChI is InChI=1S/C20H34N2O3S/c1-2-3-8-26(24,25)22-6-4-21(5-7-22)19(23)15-20-12-16-9-17(13-20)11-18(10-16)14-20/h16-18H,2-15H2,1H3. The summed E-state index contributed by atoms with van der Waals surface area (Å²) in [6.07, 6.45) is 10.3. The van der Waals surface area contributed by atoms with Crippen molar-refractivity contribution in [2.24, 2.45) is 23.2 Å². The van der Waals surface area contributed by atoms with Crippen molar-refractivity contribution < 1.29 is 13.2 Å². The van der Waals surface area contributed by atoms with E-state index in [2.05, 4.69) is 0 Å². The molecular formula is C20H34N2O3S. The molecule has 5 fully saturated rings. The fourth-order valence-electron chi connectivity index (χ4n) is 6.61. The van der Waals surface area contributed by atoms with E-state index >= 15 is 0 Å². The van der Waals surface area contributed by atoms with Crippen LogP contribution in [0.5, 0.6) is 0 Å². The lowest BCUT2D eigenvalue weighted by atomic mass is 9.49. The van der Waals surface area contributed by atoms with Crippen molar-refractivity contribution in [2.45, 2.75) is 64.7 Å². The second-order valence-electron chi connectivity index (χ2n) is 9.54.